The Balaban J connectivity index is 2.42. The highest BCUT2D eigenvalue weighted by Crippen LogP contribution is 2.19. The Labute approximate surface area is 103 Å². The number of hydrogen-bond donors (Lipinski definition) is 2. The van der Waals surface area contributed by atoms with Gasteiger partial charge in [-0.15, -0.1) is 0 Å². The van der Waals surface area contributed by atoms with E-state index in [1.54, 1.807) is 12.1 Å². The highest BCUT2D eigenvalue weighted by molar-refractivity contribution is 5.31. The van der Waals surface area contributed by atoms with Crippen molar-refractivity contribution in [2.24, 2.45) is 5.41 Å². The molecular weight excluding hydrogens is 212 g/mol. The molecule has 0 bridgehead atoms. The van der Waals surface area contributed by atoms with Gasteiger partial charge < -0.3 is 5.11 Å². The van der Waals surface area contributed by atoms with Gasteiger partial charge in [0.15, 0.2) is 0 Å². The maximum atomic E-state index is 9.78. The van der Waals surface area contributed by atoms with Crippen LogP contribution in [0.25, 0.3) is 0 Å². The van der Waals surface area contributed by atoms with Gasteiger partial charge in [-0.3, -0.25) is 5.32 Å². The van der Waals surface area contributed by atoms with Crippen molar-refractivity contribution in [3.8, 4) is 6.07 Å². The zero-order chi connectivity index (χ0) is 12.9. The number of nitrogens with one attached hydrogen (secondary N) is 1. The zero-order valence-electron chi connectivity index (χ0n) is 10.7. The van der Waals surface area contributed by atoms with Gasteiger partial charge in [-0.05, 0) is 29.5 Å². The predicted octanol–water partition coefficient (Wildman–Crippen LogP) is 2.40. The van der Waals surface area contributed by atoms with Crippen LogP contribution in [-0.4, -0.2) is 11.3 Å². The molecule has 1 aromatic carbocycles. The molecule has 0 aromatic heterocycles. The van der Waals surface area contributed by atoms with Gasteiger partial charge in [0.25, 0.3) is 0 Å². The molecule has 0 saturated heterocycles. The van der Waals surface area contributed by atoms with Crippen molar-refractivity contribution in [1.29, 1.82) is 5.26 Å². The summed E-state index contributed by atoms with van der Waals surface area (Å²) < 4.78 is 0. The number of aliphatic hydroxyl groups is 1. The second-order valence-electron chi connectivity index (χ2n) is 5.47. The molecule has 1 rings (SSSR count). The van der Waals surface area contributed by atoms with Crippen LogP contribution in [0, 0.1) is 16.7 Å². The normalized spacial score (nSPS) is 13.1. The van der Waals surface area contributed by atoms with Crippen LogP contribution in [0.1, 0.15) is 38.3 Å². The fourth-order valence-corrected chi connectivity index (χ4v) is 1.59. The van der Waals surface area contributed by atoms with Gasteiger partial charge in [0, 0.05) is 6.54 Å². The molecule has 0 amide bonds. The largest absolute Gasteiger partial charge is 0.379 e. The van der Waals surface area contributed by atoms with Crippen LogP contribution in [0.2, 0.25) is 0 Å². The van der Waals surface area contributed by atoms with Crippen molar-refractivity contribution in [2.45, 2.75) is 40.0 Å². The predicted molar refractivity (Wildman–Crippen MR) is 68.1 cm³/mol. The minimum Gasteiger partial charge on any atom is -0.379 e. The number of hydrogen-bond acceptors (Lipinski definition) is 3. The Hall–Kier alpha value is -1.37. The highest BCUT2D eigenvalue weighted by Gasteiger charge is 2.15. The first-order chi connectivity index (χ1) is 7.90. The van der Waals surface area contributed by atoms with Crippen LogP contribution >= 0.6 is 0 Å². The molecular formula is C14H20N2O. The summed E-state index contributed by atoms with van der Waals surface area (Å²) in [5, 5.41) is 21.5. The van der Waals surface area contributed by atoms with E-state index in [0.29, 0.717) is 18.5 Å². The number of rotatable bonds is 4. The lowest BCUT2D eigenvalue weighted by molar-refractivity contribution is 0.0884. The van der Waals surface area contributed by atoms with E-state index >= 15 is 0 Å². The molecule has 3 nitrogen and oxygen atoms in total. The fourth-order valence-electron chi connectivity index (χ4n) is 1.59. The number of benzene rings is 1. The molecule has 2 N–H and O–H groups in total. The first kappa shape index (κ1) is 13.7. The topological polar surface area (TPSA) is 56.0 Å². The van der Waals surface area contributed by atoms with Crippen LogP contribution in [0.3, 0.4) is 0 Å². The highest BCUT2D eigenvalue weighted by atomic mass is 16.3. The molecule has 0 aliphatic rings. The molecule has 92 valence electrons. The van der Waals surface area contributed by atoms with E-state index in [0.717, 1.165) is 5.56 Å². The smallest absolute Gasteiger partial charge is 0.105 e. The SMILES string of the molecule is CC(C)(C)CC(O)NCc1ccc(C#N)cc1. The van der Waals surface area contributed by atoms with E-state index in [1.165, 1.54) is 0 Å². The van der Waals surface area contributed by atoms with Crippen molar-refractivity contribution < 1.29 is 5.11 Å². The van der Waals surface area contributed by atoms with Crippen molar-refractivity contribution in [1.82, 2.24) is 5.32 Å². The summed E-state index contributed by atoms with van der Waals surface area (Å²) in [6.07, 6.45) is 0.217. The number of nitriles is 1. The van der Waals surface area contributed by atoms with Gasteiger partial charge >= 0.3 is 0 Å². The van der Waals surface area contributed by atoms with Crippen LogP contribution in [0.5, 0.6) is 0 Å². The first-order valence-electron chi connectivity index (χ1n) is 5.81. The Morgan fingerprint density at radius 1 is 1.29 bits per heavy atom. The van der Waals surface area contributed by atoms with Crippen molar-refractivity contribution in [3.63, 3.8) is 0 Å². The average Bonchev–Trinajstić information content (AvgIpc) is 2.25. The van der Waals surface area contributed by atoms with Gasteiger partial charge in [-0.1, -0.05) is 32.9 Å². The van der Waals surface area contributed by atoms with Crippen LogP contribution < -0.4 is 5.32 Å². The second kappa shape index (κ2) is 5.81. The standard InChI is InChI=1S/C14H20N2O/c1-14(2,3)8-13(17)16-10-12-6-4-11(9-15)5-7-12/h4-7,13,16-17H,8,10H2,1-3H3. The van der Waals surface area contributed by atoms with Gasteiger partial charge in [0.05, 0.1) is 11.6 Å². The van der Waals surface area contributed by atoms with Gasteiger partial charge in [-0.25, -0.2) is 0 Å². The third-order valence-corrected chi connectivity index (χ3v) is 2.43. The Morgan fingerprint density at radius 3 is 2.35 bits per heavy atom. The van der Waals surface area contributed by atoms with Crippen LogP contribution in [-0.2, 0) is 6.54 Å². The summed E-state index contributed by atoms with van der Waals surface area (Å²) in [6, 6.07) is 9.45. The van der Waals surface area contributed by atoms with E-state index < -0.39 is 6.23 Å². The molecule has 17 heavy (non-hydrogen) atoms. The quantitative estimate of drug-likeness (QED) is 0.784. The minimum atomic E-state index is -0.495. The van der Waals surface area contributed by atoms with Gasteiger partial charge in [0.2, 0.25) is 0 Å². The Bertz CT molecular complexity index is 384. The maximum Gasteiger partial charge on any atom is 0.105 e. The molecule has 0 radical (unpaired) electrons. The average molecular weight is 232 g/mol. The summed E-state index contributed by atoms with van der Waals surface area (Å²) >= 11 is 0. The zero-order valence-corrected chi connectivity index (χ0v) is 10.7. The van der Waals surface area contributed by atoms with E-state index in [9.17, 15) is 5.11 Å². The number of aliphatic hydroxyl groups excluding tert-OH is 1. The second-order valence-corrected chi connectivity index (χ2v) is 5.47. The maximum absolute atomic E-state index is 9.78. The molecule has 1 aromatic rings. The molecule has 0 aliphatic heterocycles. The van der Waals surface area contributed by atoms with E-state index in [4.69, 9.17) is 5.26 Å². The molecule has 0 fully saturated rings. The van der Waals surface area contributed by atoms with Crippen LogP contribution in [0.15, 0.2) is 24.3 Å². The van der Waals surface area contributed by atoms with Crippen molar-refractivity contribution in [3.05, 3.63) is 35.4 Å². The van der Waals surface area contributed by atoms with E-state index in [2.05, 4.69) is 32.2 Å². The molecule has 3 heteroatoms. The van der Waals surface area contributed by atoms with Crippen molar-refractivity contribution >= 4 is 0 Å². The molecule has 0 aliphatic carbocycles. The third-order valence-electron chi connectivity index (χ3n) is 2.43. The monoisotopic (exact) mass is 232 g/mol. The fraction of sp³-hybridized carbons (Fsp3) is 0.500. The lowest BCUT2D eigenvalue weighted by Crippen LogP contribution is -2.32. The summed E-state index contributed by atoms with van der Waals surface area (Å²) in [5.74, 6) is 0. The van der Waals surface area contributed by atoms with E-state index in [-0.39, 0.29) is 5.41 Å². The molecule has 0 saturated carbocycles. The summed E-state index contributed by atoms with van der Waals surface area (Å²) in [6.45, 7) is 6.90. The molecule has 0 heterocycles. The van der Waals surface area contributed by atoms with Gasteiger partial charge in [0.1, 0.15) is 6.23 Å². The summed E-state index contributed by atoms with van der Waals surface area (Å²) in [4.78, 5) is 0. The first-order valence-corrected chi connectivity index (χ1v) is 5.81. The molecule has 0 spiro atoms. The number of nitrogens with zero attached hydrogens (tertiary/aromatic N) is 1. The third kappa shape index (κ3) is 5.48. The minimum absolute atomic E-state index is 0.108. The molecule has 1 unspecified atom stereocenters. The Morgan fingerprint density at radius 2 is 1.88 bits per heavy atom. The Kier molecular flexibility index (Phi) is 4.68. The van der Waals surface area contributed by atoms with Crippen LogP contribution in [0.4, 0.5) is 0 Å². The van der Waals surface area contributed by atoms with Crippen molar-refractivity contribution in [2.75, 3.05) is 0 Å². The van der Waals surface area contributed by atoms with Gasteiger partial charge in [-0.2, -0.15) is 5.26 Å². The van der Waals surface area contributed by atoms with E-state index in [1.807, 2.05) is 12.1 Å². The summed E-state index contributed by atoms with van der Waals surface area (Å²) in [5.41, 5.74) is 1.83. The lowest BCUT2D eigenvalue weighted by Gasteiger charge is -2.23. The molecule has 1 atom stereocenters. The lowest BCUT2D eigenvalue weighted by atomic mass is 9.91. The summed E-state index contributed by atoms with van der Waals surface area (Å²) in [7, 11) is 0.